The Bertz CT molecular complexity index is 833. The van der Waals surface area contributed by atoms with Crippen LogP contribution in [0.25, 0.3) is 0 Å². The highest BCUT2D eigenvalue weighted by Crippen LogP contribution is 2.12. The minimum Gasteiger partial charge on any atom is -0.383 e. The highest BCUT2D eigenvalue weighted by Gasteiger charge is 2.08. The van der Waals surface area contributed by atoms with E-state index in [0.717, 1.165) is 5.69 Å². The van der Waals surface area contributed by atoms with E-state index in [1.54, 1.807) is 69.7 Å². The van der Waals surface area contributed by atoms with Crippen molar-refractivity contribution in [2.45, 2.75) is 0 Å². The molecule has 0 unspecified atom stereocenters. The summed E-state index contributed by atoms with van der Waals surface area (Å²) in [7, 11) is 4.96. The molecule has 8 nitrogen and oxygen atoms in total. The second-order valence-corrected chi connectivity index (χ2v) is 6.50. The standard InChI is InChI=1S/C21H26N4O4/c1-25(2)21(28)16-6-8-17(9-7-16)23-14-19(26)24-18-10-4-15(5-11-18)20(27)22-12-13-29-3/h4-11,23H,12-14H2,1-3H3,(H,22,27)(H,24,26). The maximum absolute atomic E-state index is 12.1. The fourth-order valence-corrected chi connectivity index (χ4v) is 2.45. The van der Waals surface area contributed by atoms with Crippen LogP contribution < -0.4 is 16.0 Å². The van der Waals surface area contributed by atoms with Gasteiger partial charge in [0.15, 0.2) is 0 Å². The van der Waals surface area contributed by atoms with Gasteiger partial charge in [0.05, 0.1) is 13.2 Å². The number of carbonyl (C=O) groups excluding carboxylic acids is 3. The SMILES string of the molecule is COCCNC(=O)c1ccc(NC(=O)CNc2ccc(C(=O)N(C)C)cc2)cc1. The van der Waals surface area contributed by atoms with Crippen molar-refractivity contribution in [1.82, 2.24) is 10.2 Å². The molecule has 0 saturated heterocycles. The van der Waals surface area contributed by atoms with Gasteiger partial charge in [-0.25, -0.2) is 0 Å². The summed E-state index contributed by atoms with van der Waals surface area (Å²) in [4.78, 5) is 37.4. The van der Waals surface area contributed by atoms with Crippen LogP contribution in [0.2, 0.25) is 0 Å². The molecule has 0 saturated carbocycles. The molecule has 0 radical (unpaired) electrons. The largest absolute Gasteiger partial charge is 0.383 e. The van der Waals surface area contributed by atoms with Gasteiger partial charge < -0.3 is 25.6 Å². The van der Waals surface area contributed by atoms with Crippen molar-refractivity contribution in [3.63, 3.8) is 0 Å². The molecular weight excluding hydrogens is 372 g/mol. The molecule has 0 spiro atoms. The van der Waals surface area contributed by atoms with E-state index in [2.05, 4.69) is 16.0 Å². The fourth-order valence-electron chi connectivity index (χ4n) is 2.45. The summed E-state index contributed by atoms with van der Waals surface area (Å²) in [6.07, 6.45) is 0. The number of hydrogen-bond acceptors (Lipinski definition) is 5. The predicted molar refractivity (Wildman–Crippen MR) is 112 cm³/mol. The Balaban J connectivity index is 1.81. The lowest BCUT2D eigenvalue weighted by Crippen LogP contribution is -2.27. The van der Waals surface area contributed by atoms with Gasteiger partial charge in [0, 0.05) is 50.3 Å². The molecule has 0 fully saturated rings. The molecule has 8 heteroatoms. The van der Waals surface area contributed by atoms with Gasteiger partial charge in [-0.3, -0.25) is 14.4 Å². The lowest BCUT2D eigenvalue weighted by atomic mass is 10.2. The van der Waals surface area contributed by atoms with Crippen molar-refractivity contribution in [1.29, 1.82) is 0 Å². The lowest BCUT2D eigenvalue weighted by Gasteiger charge is -2.11. The Labute approximate surface area is 170 Å². The van der Waals surface area contributed by atoms with Crippen LogP contribution in [0, 0.1) is 0 Å². The van der Waals surface area contributed by atoms with Crippen LogP contribution in [-0.2, 0) is 9.53 Å². The van der Waals surface area contributed by atoms with Crippen LogP contribution in [-0.4, -0.2) is 63.5 Å². The number of nitrogens with zero attached hydrogens (tertiary/aromatic N) is 1. The normalized spacial score (nSPS) is 10.2. The molecule has 3 amide bonds. The van der Waals surface area contributed by atoms with Crippen LogP contribution in [0.1, 0.15) is 20.7 Å². The lowest BCUT2D eigenvalue weighted by molar-refractivity contribution is -0.114. The molecule has 0 aliphatic carbocycles. The predicted octanol–water partition coefficient (Wildman–Crippen LogP) is 1.82. The second kappa shape index (κ2) is 10.8. The number of rotatable bonds is 9. The van der Waals surface area contributed by atoms with E-state index < -0.39 is 0 Å². The summed E-state index contributed by atoms with van der Waals surface area (Å²) in [6.45, 7) is 0.950. The van der Waals surface area contributed by atoms with Gasteiger partial charge in [-0.05, 0) is 48.5 Å². The van der Waals surface area contributed by atoms with E-state index in [9.17, 15) is 14.4 Å². The van der Waals surface area contributed by atoms with Gasteiger partial charge in [-0.2, -0.15) is 0 Å². The van der Waals surface area contributed by atoms with E-state index in [1.807, 2.05) is 0 Å². The quantitative estimate of drug-likeness (QED) is 0.560. The summed E-state index contributed by atoms with van der Waals surface area (Å²) >= 11 is 0. The molecule has 0 atom stereocenters. The van der Waals surface area contributed by atoms with E-state index in [4.69, 9.17) is 4.74 Å². The van der Waals surface area contributed by atoms with Crippen LogP contribution in [0.5, 0.6) is 0 Å². The monoisotopic (exact) mass is 398 g/mol. The van der Waals surface area contributed by atoms with Crippen LogP contribution >= 0.6 is 0 Å². The third-order valence-corrected chi connectivity index (χ3v) is 4.01. The third-order valence-electron chi connectivity index (χ3n) is 4.01. The van der Waals surface area contributed by atoms with Gasteiger partial charge in [0.1, 0.15) is 0 Å². The third kappa shape index (κ3) is 6.93. The van der Waals surface area contributed by atoms with Gasteiger partial charge in [0.2, 0.25) is 5.91 Å². The summed E-state index contributed by atoms with van der Waals surface area (Å²) < 4.78 is 4.89. The van der Waals surface area contributed by atoms with Crippen LogP contribution in [0.15, 0.2) is 48.5 Å². The van der Waals surface area contributed by atoms with Crippen molar-refractivity contribution < 1.29 is 19.1 Å². The maximum Gasteiger partial charge on any atom is 0.253 e. The first-order valence-electron chi connectivity index (χ1n) is 9.13. The van der Waals surface area contributed by atoms with Crippen molar-refractivity contribution in [2.75, 3.05) is 51.5 Å². The zero-order valence-electron chi connectivity index (χ0n) is 16.8. The van der Waals surface area contributed by atoms with Crippen molar-refractivity contribution in [3.05, 3.63) is 59.7 Å². The van der Waals surface area contributed by atoms with Gasteiger partial charge >= 0.3 is 0 Å². The Morgan fingerprint density at radius 3 is 2.07 bits per heavy atom. The highest BCUT2D eigenvalue weighted by molar-refractivity contribution is 5.97. The van der Waals surface area contributed by atoms with Crippen molar-refractivity contribution in [2.24, 2.45) is 0 Å². The number of hydrogen-bond donors (Lipinski definition) is 3. The summed E-state index contributed by atoms with van der Waals surface area (Å²) in [5, 5.41) is 8.50. The maximum atomic E-state index is 12.1. The molecule has 3 N–H and O–H groups in total. The molecular formula is C21H26N4O4. The summed E-state index contributed by atoms with van der Waals surface area (Å²) in [5.74, 6) is -0.501. The van der Waals surface area contributed by atoms with E-state index in [1.165, 1.54) is 4.90 Å². The second-order valence-electron chi connectivity index (χ2n) is 6.50. The number of amides is 3. The zero-order valence-corrected chi connectivity index (χ0v) is 16.8. The first kappa shape index (κ1) is 21.9. The van der Waals surface area contributed by atoms with Crippen molar-refractivity contribution >= 4 is 29.1 Å². The van der Waals surface area contributed by atoms with Crippen LogP contribution in [0.4, 0.5) is 11.4 Å². The van der Waals surface area contributed by atoms with Gasteiger partial charge in [-0.15, -0.1) is 0 Å². The molecule has 29 heavy (non-hydrogen) atoms. The molecule has 154 valence electrons. The minimum absolute atomic E-state index is 0.0697. The topological polar surface area (TPSA) is 99.8 Å². The van der Waals surface area contributed by atoms with E-state index in [0.29, 0.717) is 30.0 Å². The number of methoxy groups -OCH3 is 1. The minimum atomic E-state index is -0.226. The van der Waals surface area contributed by atoms with Crippen molar-refractivity contribution in [3.8, 4) is 0 Å². The zero-order chi connectivity index (χ0) is 21.2. The molecule has 0 aliphatic heterocycles. The highest BCUT2D eigenvalue weighted by atomic mass is 16.5. The molecule has 2 rings (SSSR count). The number of carbonyl (C=O) groups is 3. The van der Waals surface area contributed by atoms with Gasteiger partial charge in [-0.1, -0.05) is 0 Å². The Kier molecular flexibility index (Phi) is 8.17. The average Bonchev–Trinajstić information content (AvgIpc) is 2.72. The number of ether oxygens (including phenoxy) is 1. The molecule has 0 aromatic heterocycles. The summed E-state index contributed by atoms with van der Waals surface area (Å²) in [6, 6.07) is 13.5. The number of nitrogens with one attached hydrogen (secondary N) is 3. The first-order chi connectivity index (χ1) is 13.9. The van der Waals surface area contributed by atoms with Crippen LogP contribution in [0.3, 0.4) is 0 Å². The first-order valence-corrected chi connectivity index (χ1v) is 9.13. The molecule has 0 heterocycles. The average molecular weight is 398 g/mol. The number of anilines is 2. The summed E-state index contributed by atoms with van der Waals surface area (Å²) in [5.41, 5.74) is 2.41. The smallest absolute Gasteiger partial charge is 0.253 e. The number of benzene rings is 2. The molecule has 0 aliphatic rings. The fraction of sp³-hybridized carbons (Fsp3) is 0.286. The van der Waals surface area contributed by atoms with E-state index in [-0.39, 0.29) is 24.3 Å². The van der Waals surface area contributed by atoms with Gasteiger partial charge in [0.25, 0.3) is 11.8 Å². The Hall–Kier alpha value is -3.39. The molecule has 2 aromatic rings. The molecule has 2 aromatic carbocycles. The van der Waals surface area contributed by atoms with E-state index >= 15 is 0 Å². The Morgan fingerprint density at radius 2 is 1.48 bits per heavy atom. The Morgan fingerprint density at radius 1 is 0.897 bits per heavy atom. The molecule has 0 bridgehead atoms.